The molecule has 2 heteroatoms. The highest BCUT2D eigenvalue weighted by Crippen LogP contribution is 2.41. The Kier molecular flexibility index (Phi) is 2.12. The van der Waals surface area contributed by atoms with Crippen LogP contribution in [0.5, 0.6) is 0 Å². The molecule has 5 rings (SSSR count). The monoisotopic (exact) mass is 281 g/mol. The highest BCUT2D eigenvalue weighted by Gasteiger charge is 2.27. The maximum absolute atomic E-state index is 13.1. The molecule has 0 spiro atoms. The Morgan fingerprint density at radius 2 is 1.50 bits per heavy atom. The second-order valence-electron chi connectivity index (χ2n) is 5.61. The molecule has 0 radical (unpaired) electrons. The van der Waals surface area contributed by atoms with Crippen LogP contribution in [0.1, 0.15) is 15.9 Å². The van der Waals surface area contributed by atoms with Gasteiger partial charge in [-0.2, -0.15) is 0 Å². The van der Waals surface area contributed by atoms with E-state index in [1.165, 1.54) is 0 Å². The number of carbonyl (C=O) groups is 1. The van der Waals surface area contributed by atoms with E-state index in [1.807, 2.05) is 36.4 Å². The summed E-state index contributed by atoms with van der Waals surface area (Å²) in [6, 6.07) is 20.1. The van der Waals surface area contributed by atoms with E-state index in [4.69, 9.17) is 0 Å². The van der Waals surface area contributed by atoms with Gasteiger partial charge in [-0.1, -0.05) is 48.5 Å². The molecule has 0 saturated carbocycles. The van der Waals surface area contributed by atoms with Crippen LogP contribution in [0.2, 0.25) is 0 Å². The largest absolute Gasteiger partial charge is 0.288 e. The number of hydrogen-bond donors (Lipinski definition) is 0. The standard InChI is InChI=1S/C20H11NO/c22-20-16-8-2-1-7-14(16)15-9-3-5-12-11-13-6-4-10-21-19(13)18(20)17(12)15/h1-11H. The smallest absolute Gasteiger partial charge is 0.196 e. The number of ketones is 1. The molecular weight excluding hydrogens is 270 g/mol. The molecule has 0 unspecified atom stereocenters. The van der Waals surface area contributed by atoms with E-state index in [1.54, 1.807) is 6.20 Å². The van der Waals surface area contributed by atoms with Crippen molar-refractivity contribution in [2.75, 3.05) is 0 Å². The highest BCUT2D eigenvalue weighted by atomic mass is 16.1. The van der Waals surface area contributed by atoms with Crippen LogP contribution >= 0.6 is 0 Å². The van der Waals surface area contributed by atoms with E-state index in [2.05, 4.69) is 29.2 Å². The number of hydrogen-bond acceptors (Lipinski definition) is 2. The Morgan fingerprint density at radius 3 is 2.41 bits per heavy atom. The summed E-state index contributed by atoms with van der Waals surface area (Å²) in [6.07, 6.45) is 1.75. The quantitative estimate of drug-likeness (QED) is 0.388. The molecule has 0 bridgehead atoms. The van der Waals surface area contributed by atoms with Gasteiger partial charge >= 0.3 is 0 Å². The summed E-state index contributed by atoms with van der Waals surface area (Å²) >= 11 is 0. The summed E-state index contributed by atoms with van der Waals surface area (Å²) < 4.78 is 0. The van der Waals surface area contributed by atoms with Crippen molar-refractivity contribution in [1.29, 1.82) is 0 Å². The van der Waals surface area contributed by atoms with E-state index < -0.39 is 0 Å². The number of carbonyl (C=O) groups excluding carboxylic acids is 1. The van der Waals surface area contributed by atoms with Crippen LogP contribution in [-0.2, 0) is 0 Å². The zero-order valence-corrected chi connectivity index (χ0v) is 11.7. The van der Waals surface area contributed by atoms with E-state index in [9.17, 15) is 4.79 Å². The van der Waals surface area contributed by atoms with Gasteiger partial charge in [0.1, 0.15) is 0 Å². The van der Waals surface area contributed by atoms with Gasteiger partial charge in [0.15, 0.2) is 5.78 Å². The molecule has 2 nitrogen and oxygen atoms in total. The van der Waals surface area contributed by atoms with Crippen LogP contribution in [0, 0.1) is 0 Å². The minimum atomic E-state index is 0.0728. The SMILES string of the molecule is O=C1c2ccccc2-c2cccc3cc4cccnc4c1c23. The van der Waals surface area contributed by atoms with Gasteiger partial charge in [-0.15, -0.1) is 0 Å². The second kappa shape index (κ2) is 4.01. The van der Waals surface area contributed by atoms with Crippen molar-refractivity contribution in [2.24, 2.45) is 0 Å². The molecule has 0 fully saturated rings. The van der Waals surface area contributed by atoms with Gasteiger partial charge < -0.3 is 0 Å². The minimum Gasteiger partial charge on any atom is -0.288 e. The van der Waals surface area contributed by atoms with Crippen LogP contribution < -0.4 is 0 Å². The Morgan fingerprint density at radius 1 is 0.727 bits per heavy atom. The van der Waals surface area contributed by atoms with Gasteiger partial charge in [-0.05, 0) is 28.6 Å². The Balaban J connectivity index is 2.11. The average molecular weight is 281 g/mol. The van der Waals surface area contributed by atoms with Gasteiger partial charge in [0, 0.05) is 22.5 Å². The Hall–Kier alpha value is -3.00. The first-order chi connectivity index (χ1) is 10.8. The molecule has 0 N–H and O–H groups in total. The summed E-state index contributed by atoms with van der Waals surface area (Å²) in [5.74, 6) is 0.0728. The molecule has 1 aliphatic rings. The highest BCUT2D eigenvalue weighted by molar-refractivity contribution is 6.30. The number of benzene rings is 3. The molecule has 22 heavy (non-hydrogen) atoms. The van der Waals surface area contributed by atoms with Crippen LogP contribution in [0.4, 0.5) is 0 Å². The zero-order valence-electron chi connectivity index (χ0n) is 11.7. The molecule has 1 heterocycles. The molecule has 0 saturated heterocycles. The second-order valence-corrected chi connectivity index (χ2v) is 5.61. The fourth-order valence-corrected chi connectivity index (χ4v) is 3.49. The van der Waals surface area contributed by atoms with Crippen molar-refractivity contribution in [3.05, 3.63) is 78.0 Å². The summed E-state index contributed by atoms with van der Waals surface area (Å²) in [6.45, 7) is 0. The van der Waals surface area contributed by atoms with Crippen molar-refractivity contribution >= 4 is 27.5 Å². The lowest BCUT2D eigenvalue weighted by molar-refractivity contribution is 0.104. The van der Waals surface area contributed by atoms with Gasteiger partial charge in [-0.25, -0.2) is 0 Å². The van der Waals surface area contributed by atoms with Gasteiger partial charge in [-0.3, -0.25) is 9.78 Å². The van der Waals surface area contributed by atoms with E-state index in [0.29, 0.717) is 0 Å². The summed E-state index contributed by atoms with van der Waals surface area (Å²) in [5.41, 5.74) is 4.43. The molecular formula is C20H11NO. The van der Waals surface area contributed by atoms with Gasteiger partial charge in [0.25, 0.3) is 0 Å². The fourth-order valence-electron chi connectivity index (χ4n) is 3.49. The predicted octanol–water partition coefficient (Wildman–Crippen LogP) is 4.60. The predicted molar refractivity (Wildman–Crippen MR) is 88.1 cm³/mol. The van der Waals surface area contributed by atoms with Crippen molar-refractivity contribution in [3.8, 4) is 11.1 Å². The van der Waals surface area contributed by atoms with Crippen LogP contribution in [-0.4, -0.2) is 10.8 Å². The Bertz CT molecular complexity index is 1100. The first kappa shape index (κ1) is 11.6. The maximum Gasteiger partial charge on any atom is 0.196 e. The lowest BCUT2D eigenvalue weighted by Gasteiger charge is -2.20. The number of pyridine rings is 1. The topological polar surface area (TPSA) is 30.0 Å². The van der Waals surface area contributed by atoms with Crippen LogP contribution in [0.25, 0.3) is 32.8 Å². The number of aromatic nitrogens is 1. The van der Waals surface area contributed by atoms with Gasteiger partial charge in [0.2, 0.25) is 0 Å². The molecule has 0 amide bonds. The van der Waals surface area contributed by atoms with Crippen molar-refractivity contribution in [1.82, 2.24) is 4.98 Å². The minimum absolute atomic E-state index is 0.0728. The van der Waals surface area contributed by atoms with Crippen LogP contribution in [0.3, 0.4) is 0 Å². The average Bonchev–Trinajstić information content (AvgIpc) is 2.58. The first-order valence-corrected chi connectivity index (χ1v) is 7.29. The third kappa shape index (κ3) is 1.34. The summed E-state index contributed by atoms with van der Waals surface area (Å²) in [4.78, 5) is 17.5. The molecule has 4 aromatic rings. The molecule has 3 aromatic carbocycles. The molecule has 0 atom stereocenters. The normalized spacial score (nSPS) is 12.6. The third-order valence-electron chi connectivity index (χ3n) is 4.42. The lowest BCUT2D eigenvalue weighted by atomic mass is 9.82. The summed E-state index contributed by atoms with van der Waals surface area (Å²) in [7, 11) is 0. The molecule has 102 valence electrons. The fraction of sp³-hybridized carbons (Fsp3) is 0. The molecule has 1 aromatic heterocycles. The van der Waals surface area contributed by atoms with Crippen LogP contribution in [0.15, 0.2) is 66.9 Å². The van der Waals surface area contributed by atoms with Crippen molar-refractivity contribution in [2.45, 2.75) is 0 Å². The summed E-state index contributed by atoms with van der Waals surface area (Å²) in [5, 5.41) is 3.13. The van der Waals surface area contributed by atoms with E-state index >= 15 is 0 Å². The first-order valence-electron chi connectivity index (χ1n) is 7.29. The zero-order chi connectivity index (χ0) is 14.7. The maximum atomic E-state index is 13.1. The van der Waals surface area contributed by atoms with E-state index in [-0.39, 0.29) is 5.78 Å². The van der Waals surface area contributed by atoms with Crippen molar-refractivity contribution < 1.29 is 4.79 Å². The number of fused-ring (bicyclic) bond motifs is 4. The third-order valence-corrected chi connectivity index (χ3v) is 4.42. The molecule has 1 aliphatic carbocycles. The lowest BCUT2D eigenvalue weighted by Crippen LogP contribution is -2.11. The number of rotatable bonds is 0. The van der Waals surface area contributed by atoms with Crippen molar-refractivity contribution in [3.63, 3.8) is 0 Å². The molecule has 0 aliphatic heterocycles. The van der Waals surface area contributed by atoms with Gasteiger partial charge in [0.05, 0.1) is 11.1 Å². The van der Waals surface area contributed by atoms with E-state index in [0.717, 1.165) is 43.9 Å². The number of nitrogens with zero attached hydrogens (tertiary/aromatic N) is 1. The Labute approximate surface area is 127 Å².